The van der Waals surface area contributed by atoms with Gasteiger partial charge in [0.2, 0.25) is 0 Å². The van der Waals surface area contributed by atoms with Gasteiger partial charge in [0.05, 0.1) is 13.2 Å². The molecule has 10 heteroatoms. The number of hydrogen-bond acceptors (Lipinski definition) is 8. The largest absolute Gasteiger partial charge is 0.472 e. The van der Waals surface area contributed by atoms with E-state index in [0.717, 1.165) is 32.1 Å². The van der Waals surface area contributed by atoms with Crippen LogP contribution in [0.15, 0.2) is 0 Å². The molecule has 0 aliphatic rings. The van der Waals surface area contributed by atoms with Gasteiger partial charge in [0.1, 0.15) is 6.61 Å². The molecular weight excluding hydrogens is 713 g/mol. The lowest BCUT2D eigenvalue weighted by atomic mass is 10.0. The fourth-order valence-corrected chi connectivity index (χ4v) is 7.76. The number of rotatable bonds is 45. The van der Waals surface area contributed by atoms with Gasteiger partial charge in [-0.15, -0.1) is 0 Å². The van der Waals surface area contributed by atoms with Crippen LogP contribution in [0.4, 0.5) is 0 Å². The van der Waals surface area contributed by atoms with Crippen LogP contribution < -0.4 is 5.73 Å². The van der Waals surface area contributed by atoms with Crippen LogP contribution in [0.25, 0.3) is 0 Å². The number of unbranched alkanes of at least 4 members (excludes halogenated alkanes) is 32. The molecule has 0 saturated carbocycles. The molecule has 328 valence electrons. The van der Waals surface area contributed by atoms with Crippen molar-refractivity contribution in [3.8, 4) is 0 Å². The molecule has 0 fully saturated rings. The van der Waals surface area contributed by atoms with Crippen LogP contribution in [-0.4, -0.2) is 49.3 Å². The number of nitrogens with two attached hydrogens (primary N) is 1. The first-order valence-electron chi connectivity index (χ1n) is 23.5. The average Bonchev–Trinajstić information content (AvgIpc) is 3.17. The molecule has 9 nitrogen and oxygen atoms in total. The number of hydrogen-bond donors (Lipinski definition) is 2. The first-order chi connectivity index (χ1) is 26.8. The summed E-state index contributed by atoms with van der Waals surface area (Å²) in [5.74, 6) is -0.809. The average molecular weight is 804 g/mol. The minimum absolute atomic E-state index is 0.0582. The molecule has 0 spiro atoms. The first kappa shape index (κ1) is 54.0. The van der Waals surface area contributed by atoms with Crippen molar-refractivity contribution in [2.24, 2.45) is 5.73 Å². The van der Waals surface area contributed by atoms with Gasteiger partial charge in [-0.25, -0.2) is 4.57 Å². The van der Waals surface area contributed by atoms with Gasteiger partial charge in [-0.2, -0.15) is 0 Å². The van der Waals surface area contributed by atoms with Gasteiger partial charge in [0.25, 0.3) is 0 Å². The summed E-state index contributed by atoms with van der Waals surface area (Å²) in [6, 6.07) is 0. The Labute approximate surface area is 339 Å². The van der Waals surface area contributed by atoms with Crippen LogP contribution in [0, 0.1) is 0 Å². The third-order valence-corrected chi connectivity index (χ3v) is 11.5. The fraction of sp³-hybridized carbons (Fsp3) is 0.956. The van der Waals surface area contributed by atoms with E-state index < -0.39 is 26.5 Å². The van der Waals surface area contributed by atoms with Crippen LogP contribution in [-0.2, 0) is 32.7 Å². The number of phosphoric ester groups is 1. The minimum atomic E-state index is -4.37. The Morgan fingerprint density at radius 3 is 1.11 bits per heavy atom. The van der Waals surface area contributed by atoms with E-state index >= 15 is 0 Å². The maximum Gasteiger partial charge on any atom is 0.472 e. The topological polar surface area (TPSA) is 134 Å². The second kappa shape index (κ2) is 42.6. The smallest absolute Gasteiger partial charge is 0.462 e. The zero-order valence-electron chi connectivity index (χ0n) is 36.2. The van der Waals surface area contributed by atoms with Crippen molar-refractivity contribution >= 4 is 19.8 Å². The van der Waals surface area contributed by atoms with Gasteiger partial charge in [0.15, 0.2) is 6.10 Å². The number of carbonyl (C=O) groups is 2. The molecule has 2 atom stereocenters. The van der Waals surface area contributed by atoms with E-state index in [1.807, 2.05) is 0 Å². The van der Waals surface area contributed by atoms with Crippen molar-refractivity contribution < 1.29 is 37.6 Å². The Morgan fingerprint density at radius 2 is 0.782 bits per heavy atom. The van der Waals surface area contributed by atoms with E-state index in [1.54, 1.807) is 0 Å². The maximum absolute atomic E-state index is 12.6. The highest BCUT2D eigenvalue weighted by Gasteiger charge is 2.26. The van der Waals surface area contributed by atoms with E-state index in [0.29, 0.717) is 6.42 Å². The number of phosphoric acid groups is 1. The predicted octanol–water partition coefficient (Wildman–Crippen LogP) is 13.6. The monoisotopic (exact) mass is 804 g/mol. The Balaban J connectivity index is 4.03. The van der Waals surface area contributed by atoms with Crippen molar-refractivity contribution in [2.45, 2.75) is 251 Å². The van der Waals surface area contributed by atoms with E-state index in [4.69, 9.17) is 24.3 Å². The summed E-state index contributed by atoms with van der Waals surface area (Å²) < 4.78 is 32.8. The molecule has 0 radical (unpaired) electrons. The normalized spacial score (nSPS) is 13.2. The molecule has 1 unspecified atom stereocenters. The van der Waals surface area contributed by atoms with Crippen molar-refractivity contribution in [1.82, 2.24) is 0 Å². The Morgan fingerprint density at radius 1 is 0.473 bits per heavy atom. The molecule has 0 aliphatic carbocycles. The van der Waals surface area contributed by atoms with Crippen LogP contribution in [0.2, 0.25) is 0 Å². The summed E-state index contributed by atoms with van der Waals surface area (Å²) in [4.78, 5) is 34.9. The molecule has 3 N–H and O–H groups in total. The molecule has 0 aromatic heterocycles. The summed E-state index contributed by atoms with van der Waals surface area (Å²) in [7, 11) is -4.37. The number of esters is 2. The van der Waals surface area contributed by atoms with Gasteiger partial charge in [-0.1, -0.05) is 219 Å². The molecule has 0 heterocycles. The SMILES string of the molecule is CCCCCCCCCCCCCCCCCCCCCC(=O)OC[C@H](COP(=O)(O)OCCN)OC(=O)CCCCCCCCCCCCCCCCC. The second-order valence-corrected chi connectivity index (χ2v) is 17.4. The highest BCUT2D eigenvalue weighted by atomic mass is 31.2. The molecule has 0 aromatic carbocycles. The lowest BCUT2D eigenvalue weighted by Crippen LogP contribution is -2.29. The maximum atomic E-state index is 12.6. The van der Waals surface area contributed by atoms with Crippen LogP contribution in [0.3, 0.4) is 0 Å². The van der Waals surface area contributed by atoms with Crippen LogP contribution >= 0.6 is 7.82 Å². The minimum Gasteiger partial charge on any atom is -0.462 e. The summed E-state index contributed by atoms with van der Waals surface area (Å²) in [5.41, 5.74) is 5.35. The molecule has 0 aliphatic heterocycles. The van der Waals surface area contributed by atoms with Gasteiger partial charge in [-0.3, -0.25) is 18.6 Å². The van der Waals surface area contributed by atoms with Gasteiger partial charge >= 0.3 is 19.8 Å². The quantitative estimate of drug-likeness (QED) is 0.0350. The van der Waals surface area contributed by atoms with Crippen LogP contribution in [0.5, 0.6) is 0 Å². The summed E-state index contributed by atoms with van der Waals surface area (Å²) in [6.45, 7) is 3.79. The highest BCUT2D eigenvalue weighted by molar-refractivity contribution is 7.47. The van der Waals surface area contributed by atoms with Gasteiger partial charge in [0, 0.05) is 19.4 Å². The van der Waals surface area contributed by atoms with Crippen molar-refractivity contribution in [3.63, 3.8) is 0 Å². The Hall–Kier alpha value is -0.990. The molecule has 0 amide bonds. The van der Waals surface area contributed by atoms with E-state index in [-0.39, 0.29) is 38.6 Å². The summed E-state index contributed by atoms with van der Waals surface area (Å²) >= 11 is 0. The summed E-state index contributed by atoms with van der Waals surface area (Å²) in [5, 5.41) is 0. The van der Waals surface area contributed by atoms with E-state index in [2.05, 4.69) is 13.8 Å². The first-order valence-corrected chi connectivity index (χ1v) is 25.0. The van der Waals surface area contributed by atoms with Crippen molar-refractivity contribution in [1.29, 1.82) is 0 Å². The van der Waals surface area contributed by atoms with E-state index in [9.17, 15) is 19.0 Å². The molecule has 0 saturated heterocycles. The summed E-state index contributed by atoms with van der Waals surface area (Å²) in [6.07, 6.45) is 42.7. The fourth-order valence-electron chi connectivity index (χ4n) is 6.99. The molecule has 0 bridgehead atoms. The Bertz CT molecular complexity index is 876. The lowest BCUT2D eigenvalue weighted by molar-refractivity contribution is -0.161. The molecule has 0 aromatic rings. The Kier molecular flexibility index (Phi) is 41.8. The van der Waals surface area contributed by atoms with Gasteiger partial charge < -0.3 is 20.1 Å². The number of carbonyl (C=O) groups excluding carboxylic acids is 2. The second-order valence-electron chi connectivity index (χ2n) is 16.0. The van der Waals surface area contributed by atoms with Gasteiger partial charge in [-0.05, 0) is 12.8 Å². The zero-order valence-corrected chi connectivity index (χ0v) is 37.1. The standard InChI is InChI=1S/C45H90NO8P/c1-3-5-7-9-11-13-15-17-19-20-21-22-24-25-27-29-31-33-35-37-44(47)51-41-43(42-53-55(49,50)52-40-39-46)54-45(48)38-36-34-32-30-28-26-23-18-16-14-12-10-8-6-4-2/h43H,3-42,46H2,1-2H3,(H,49,50)/t43-/m1/s1. The molecule has 0 rings (SSSR count). The van der Waals surface area contributed by atoms with Crippen molar-refractivity contribution in [2.75, 3.05) is 26.4 Å². The third kappa shape index (κ3) is 42.4. The molecular formula is C45H90NO8P. The third-order valence-electron chi connectivity index (χ3n) is 10.5. The zero-order chi connectivity index (χ0) is 40.3. The number of ether oxygens (including phenoxy) is 2. The van der Waals surface area contributed by atoms with Crippen LogP contribution in [0.1, 0.15) is 245 Å². The lowest BCUT2D eigenvalue weighted by Gasteiger charge is -2.19. The van der Waals surface area contributed by atoms with Crippen molar-refractivity contribution in [3.05, 3.63) is 0 Å². The molecule has 55 heavy (non-hydrogen) atoms. The predicted molar refractivity (Wildman–Crippen MR) is 229 cm³/mol. The van der Waals surface area contributed by atoms with E-state index in [1.165, 1.54) is 180 Å². The highest BCUT2D eigenvalue weighted by Crippen LogP contribution is 2.43.